The molecule has 1 aliphatic heterocycles. The third-order valence-corrected chi connectivity index (χ3v) is 5.89. The summed E-state index contributed by atoms with van der Waals surface area (Å²) in [5, 5.41) is 3.09. The Hall–Kier alpha value is -2.50. The lowest BCUT2D eigenvalue weighted by molar-refractivity contribution is -0.148. The molecule has 0 aliphatic carbocycles. The number of ether oxygens (including phenoxy) is 1. The van der Waals surface area contributed by atoms with Gasteiger partial charge in [-0.2, -0.15) is 4.72 Å². The molecule has 1 atom stereocenters. The van der Waals surface area contributed by atoms with Crippen molar-refractivity contribution in [3.8, 4) is 0 Å². The van der Waals surface area contributed by atoms with Gasteiger partial charge in [-0.05, 0) is 25.5 Å². The van der Waals surface area contributed by atoms with Gasteiger partial charge in [-0.3, -0.25) is 14.6 Å². The van der Waals surface area contributed by atoms with Crippen molar-refractivity contribution in [2.45, 2.75) is 30.7 Å². The number of esters is 1. The molecule has 0 spiro atoms. The molecule has 1 aromatic rings. The molecule has 0 saturated carbocycles. The maximum atomic E-state index is 12.4. The number of aryl methyl sites for hydroxylation is 1. The van der Waals surface area contributed by atoms with Crippen molar-refractivity contribution in [1.82, 2.24) is 14.9 Å². The smallest absolute Gasteiger partial charge is 0.325 e. The van der Waals surface area contributed by atoms with Crippen LogP contribution in [0.5, 0.6) is 0 Å². The second-order valence-electron chi connectivity index (χ2n) is 6.65. The molecule has 2 rings (SSSR count). The first-order valence-electron chi connectivity index (χ1n) is 9.17. The molecule has 160 valence electrons. The topological polar surface area (TPSA) is 143 Å². The van der Waals surface area contributed by atoms with Crippen LogP contribution in [0.15, 0.2) is 34.2 Å². The zero-order chi connectivity index (χ0) is 21.4. The van der Waals surface area contributed by atoms with Crippen LogP contribution in [0.25, 0.3) is 0 Å². The summed E-state index contributed by atoms with van der Waals surface area (Å²) in [6.45, 7) is 2.57. The van der Waals surface area contributed by atoms with E-state index < -0.39 is 22.0 Å². The lowest BCUT2D eigenvalue weighted by Crippen LogP contribution is -2.56. The molecule has 1 heterocycles. The summed E-state index contributed by atoms with van der Waals surface area (Å²) >= 11 is 0. The Labute approximate surface area is 170 Å². The first-order valence-corrected chi connectivity index (χ1v) is 10.7. The number of sulfonamides is 1. The van der Waals surface area contributed by atoms with Crippen molar-refractivity contribution in [3.05, 3.63) is 29.8 Å². The van der Waals surface area contributed by atoms with Gasteiger partial charge in [-0.25, -0.2) is 8.42 Å². The summed E-state index contributed by atoms with van der Waals surface area (Å²) in [5.74, 6) is -0.438. The van der Waals surface area contributed by atoms with E-state index in [1.54, 1.807) is 12.1 Å². The normalized spacial score (nSPS) is 18.0. The highest BCUT2D eigenvalue weighted by Gasteiger charge is 2.29. The van der Waals surface area contributed by atoms with Crippen LogP contribution < -0.4 is 15.8 Å². The highest BCUT2D eigenvalue weighted by molar-refractivity contribution is 7.89. The molecule has 29 heavy (non-hydrogen) atoms. The Bertz CT molecular complexity index is 854. The van der Waals surface area contributed by atoms with Crippen molar-refractivity contribution in [3.63, 3.8) is 0 Å². The molecule has 0 radical (unpaired) electrons. The van der Waals surface area contributed by atoms with Gasteiger partial charge < -0.3 is 20.7 Å². The minimum absolute atomic E-state index is 0.0854. The molecular formula is C18H27N5O5S. The quantitative estimate of drug-likeness (QED) is 0.271. The number of amidine groups is 1. The summed E-state index contributed by atoms with van der Waals surface area (Å²) < 4.78 is 31.4. The lowest BCUT2D eigenvalue weighted by Gasteiger charge is -2.32. The molecule has 4 N–H and O–H groups in total. The number of methoxy groups -OCH3 is 1. The molecule has 0 unspecified atom stereocenters. The monoisotopic (exact) mass is 425 g/mol. The van der Waals surface area contributed by atoms with E-state index in [-0.39, 0.29) is 29.9 Å². The van der Waals surface area contributed by atoms with E-state index in [1.165, 1.54) is 24.1 Å². The van der Waals surface area contributed by atoms with Gasteiger partial charge in [0.1, 0.15) is 13.2 Å². The Morgan fingerprint density at radius 1 is 1.38 bits per heavy atom. The maximum Gasteiger partial charge on any atom is 0.325 e. The molecule has 10 nitrogen and oxygen atoms in total. The van der Waals surface area contributed by atoms with E-state index in [0.717, 1.165) is 5.56 Å². The van der Waals surface area contributed by atoms with Crippen molar-refractivity contribution in [2.75, 3.05) is 33.4 Å². The Balaban J connectivity index is 1.83. The van der Waals surface area contributed by atoms with Crippen LogP contribution in [0.2, 0.25) is 0 Å². The summed E-state index contributed by atoms with van der Waals surface area (Å²) in [6.07, 6.45) is 0.693. The Morgan fingerprint density at radius 2 is 2.07 bits per heavy atom. The predicted molar refractivity (Wildman–Crippen MR) is 108 cm³/mol. The van der Waals surface area contributed by atoms with E-state index in [4.69, 9.17) is 5.73 Å². The summed E-state index contributed by atoms with van der Waals surface area (Å²) in [6, 6.07) is 5.98. The number of rotatable bonds is 9. The van der Waals surface area contributed by atoms with Gasteiger partial charge in [-0.15, -0.1) is 0 Å². The number of benzene rings is 1. The third-order valence-electron chi connectivity index (χ3n) is 4.49. The van der Waals surface area contributed by atoms with E-state index >= 15 is 0 Å². The highest BCUT2D eigenvalue weighted by atomic mass is 32.2. The number of nitrogens with one attached hydrogen (secondary N) is 2. The fourth-order valence-corrected chi connectivity index (χ4v) is 3.68. The molecule has 0 bridgehead atoms. The van der Waals surface area contributed by atoms with Gasteiger partial charge in [0.25, 0.3) is 0 Å². The molecular weight excluding hydrogens is 398 g/mol. The van der Waals surface area contributed by atoms with Crippen molar-refractivity contribution < 1.29 is 22.7 Å². The number of aliphatic imine (C=N–C) groups is 1. The number of carbonyl (C=O) groups is 2. The zero-order valence-electron chi connectivity index (χ0n) is 16.6. The van der Waals surface area contributed by atoms with Crippen LogP contribution in [-0.2, 0) is 24.3 Å². The van der Waals surface area contributed by atoms with Crippen LogP contribution in [0.4, 0.5) is 0 Å². The van der Waals surface area contributed by atoms with E-state index in [0.29, 0.717) is 25.9 Å². The number of carbonyl (C=O) groups excluding carboxylic acids is 2. The van der Waals surface area contributed by atoms with E-state index in [9.17, 15) is 18.0 Å². The molecule has 0 aromatic heterocycles. The van der Waals surface area contributed by atoms with E-state index in [1.807, 2.05) is 6.92 Å². The van der Waals surface area contributed by atoms with Crippen LogP contribution in [-0.4, -0.2) is 70.5 Å². The van der Waals surface area contributed by atoms with Crippen LogP contribution in [0.3, 0.4) is 0 Å². The second kappa shape index (κ2) is 10.3. The van der Waals surface area contributed by atoms with E-state index in [2.05, 4.69) is 19.8 Å². The third kappa shape index (κ3) is 6.80. The van der Waals surface area contributed by atoms with Gasteiger partial charge in [0, 0.05) is 19.5 Å². The van der Waals surface area contributed by atoms with Crippen molar-refractivity contribution in [2.24, 2.45) is 10.7 Å². The summed E-state index contributed by atoms with van der Waals surface area (Å²) in [5.41, 5.74) is 6.81. The first kappa shape index (κ1) is 22.8. The SMILES string of the molecule is COC(=O)CN1CCN[C@@H](CC/C(N)=N/CNS(=O)(=O)c2ccc(C)cc2)C1=O. The number of piperazine rings is 1. The Morgan fingerprint density at radius 3 is 2.72 bits per heavy atom. The van der Waals surface area contributed by atoms with Crippen LogP contribution in [0.1, 0.15) is 18.4 Å². The van der Waals surface area contributed by atoms with Gasteiger partial charge in [0.15, 0.2) is 0 Å². The Kier molecular flexibility index (Phi) is 8.11. The fraction of sp³-hybridized carbons (Fsp3) is 0.500. The van der Waals surface area contributed by atoms with Crippen LogP contribution >= 0.6 is 0 Å². The maximum absolute atomic E-state index is 12.4. The second-order valence-corrected chi connectivity index (χ2v) is 8.42. The van der Waals surface area contributed by atoms with Crippen LogP contribution in [0, 0.1) is 6.92 Å². The number of hydrogen-bond acceptors (Lipinski definition) is 7. The van der Waals surface area contributed by atoms with Crippen molar-refractivity contribution in [1.29, 1.82) is 0 Å². The number of amides is 1. The average Bonchev–Trinajstić information content (AvgIpc) is 2.68. The summed E-state index contributed by atoms with van der Waals surface area (Å²) in [4.78, 5) is 29.4. The molecule has 1 amide bonds. The minimum Gasteiger partial charge on any atom is -0.468 e. The average molecular weight is 426 g/mol. The summed E-state index contributed by atoms with van der Waals surface area (Å²) in [7, 11) is -2.39. The predicted octanol–water partition coefficient (Wildman–Crippen LogP) is -0.658. The number of nitrogens with zero attached hydrogens (tertiary/aromatic N) is 2. The van der Waals surface area contributed by atoms with Gasteiger partial charge in [-0.1, -0.05) is 17.7 Å². The lowest BCUT2D eigenvalue weighted by atomic mass is 10.1. The number of hydrogen-bond donors (Lipinski definition) is 3. The highest BCUT2D eigenvalue weighted by Crippen LogP contribution is 2.10. The van der Waals surface area contributed by atoms with Gasteiger partial charge in [0.2, 0.25) is 15.9 Å². The van der Waals surface area contributed by atoms with Gasteiger partial charge >= 0.3 is 5.97 Å². The number of nitrogens with two attached hydrogens (primary N) is 1. The molecule has 1 saturated heterocycles. The molecule has 1 aliphatic rings. The molecule has 1 fully saturated rings. The molecule has 1 aromatic carbocycles. The van der Waals surface area contributed by atoms with Gasteiger partial charge in [0.05, 0.1) is 23.9 Å². The van der Waals surface area contributed by atoms with Crippen molar-refractivity contribution >= 4 is 27.7 Å². The molecule has 11 heteroatoms. The zero-order valence-corrected chi connectivity index (χ0v) is 17.4. The largest absolute Gasteiger partial charge is 0.468 e. The minimum atomic E-state index is -3.67. The first-order chi connectivity index (χ1) is 13.7. The fourth-order valence-electron chi connectivity index (χ4n) is 2.79. The standard InChI is InChI=1S/C18H27N5O5S/c1-13-3-5-14(6-4-13)29(26,27)22-12-21-16(19)8-7-15-18(25)23(10-9-20-15)11-17(24)28-2/h3-6,15,20,22H,7-12H2,1-2H3,(H2,19,21)/t15-/m0/s1.